The molecular formula is C21H22Cl2N6O4. The molecule has 10 nitrogen and oxygen atoms in total. The monoisotopic (exact) mass is 492 g/mol. The molecule has 1 aromatic carbocycles. The predicted octanol–water partition coefficient (Wildman–Crippen LogP) is 3.71. The highest BCUT2D eigenvalue weighted by Crippen LogP contribution is 2.24. The molecule has 0 unspecified atom stereocenters. The molecule has 0 atom stereocenters. The molecule has 4 rings (SSSR count). The second kappa shape index (κ2) is 9.50. The number of piperazine rings is 1. The third-order valence-electron chi connectivity index (χ3n) is 5.70. The van der Waals surface area contributed by atoms with Gasteiger partial charge in [-0.3, -0.25) is 9.69 Å². The van der Waals surface area contributed by atoms with Crippen LogP contribution >= 0.6 is 23.2 Å². The van der Waals surface area contributed by atoms with E-state index in [1.165, 1.54) is 10.7 Å². The number of halogens is 2. The van der Waals surface area contributed by atoms with Gasteiger partial charge in [0.05, 0.1) is 39.0 Å². The van der Waals surface area contributed by atoms with Crippen molar-refractivity contribution < 1.29 is 14.2 Å². The SMILES string of the molecule is Cc1onc(C(=O)N2CCN(Cc3ccc(Cl)c(Cl)c3)CC2)c1Cn1nc([N+](=O)[O-])cc1C. The minimum Gasteiger partial charge on any atom is -0.361 e. The third-order valence-corrected chi connectivity index (χ3v) is 6.44. The van der Waals surface area contributed by atoms with Gasteiger partial charge in [-0.05, 0) is 36.5 Å². The van der Waals surface area contributed by atoms with Crippen LogP contribution in [0.2, 0.25) is 10.0 Å². The molecule has 1 saturated heterocycles. The second-order valence-corrected chi connectivity index (χ2v) is 8.76. The van der Waals surface area contributed by atoms with Gasteiger partial charge in [-0.15, -0.1) is 0 Å². The fourth-order valence-electron chi connectivity index (χ4n) is 3.79. The van der Waals surface area contributed by atoms with Crippen LogP contribution in [0, 0.1) is 24.0 Å². The van der Waals surface area contributed by atoms with Crippen LogP contribution in [0.5, 0.6) is 0 Å². The van der Waals surface area contributed by atoms with E-state index >= 15 is 0 Å². The summed E-state index contributed by atoms with van der Waals surface area (Å²) < 4.78 is 6.76. The van der Waals surface area contributed by atoms with Gasteiger partial charge in [0, 0.05) is 32.7 Å². The number of carbonyl (C=O) groups excluding carboxylic acids is 1. The lowest BCUT2D eigenvalue weighted by Crippen LogP contribution is -2.48. The van der Waals surface area contributed by atoms with Crippen molar-refractivity contribution >= 4 is 34.9 Å². The first-order valence-electron chi connectivity index (χ1n) is 10.3. The van der Waals surface area contributed by atoms with Crippen molar-refractivity contribution in [3.8, 4) is 0 Å². The highest BCUT2D eigenvalue weighted by atomic mass is 35.5. The van der Waals surface area contributed by atoms with Crippen molar-refractivity contribution in [2.45, 2.75) is 26.9 Å². The van der Waals surface area contributed by atoms with Crippen LogP contribution in [-0.4, -0.2) is 61.7 Å². The van der Waals surface area contributed by atoms with Crippen molar-refractivity contribution in [1.82, 2.24) is 24.7 Å². The number of aryl methyl sites for hydroxylation is 2. The van der Waals surface area contributed by atoms with Crippen LogP contribution in [0.3, 0.4) is 0 Å². The lowest BCUT2D eigenvalue weighted by molar-refractivity contribution is -0.389. The van der Waals surface area contributed by atoms with Crippen LogP contribution in [0.15, 0.2) is 28.8 Å². The van der Waals surface area contributed by atoms with Gasteiger partial charge in [0.2, 0.25) is 0 Å². The molecule has 33 heavy (non-hydrogen) atoms. The molecule has 1 amide bonds. The smallest absolute Gasteiger partial charge is 0.361 e. The Morgan fingerprint density at radius 1 is 1.12 bits per heavy atom. The van der Waals surface area contributed by atoms with Gasteiger partial charge in [0.25, 0.3) is 5.91 Å². The van der Waals surface area contributed by atoms with Crippen molar-refractivity contribution in [3.63, 3.8) is 0 Å². The summed E-state index contributed by atoms with van der Waals surface area (Å²) in [5.74, 6) is 0.0112. The molecule has 0 spiro atoms. The van der Waals surface area contributed by atoms with E-state index in [0.29, 0.717) is 59.8 Å². The average Bonchev–Trinajstić information content (AvgIpc) is 3.34. The maximum absolute atomic E-state index is 13.2. The van der Waals surface area contributed by atoms with Crippen molar-refractivity contribution in [1.29, 1.82) is 0 Å². The van der Waals surface area contributed by atoms with Gasteiger partial charge in [0.1, 0.15) is 5.76 Å². The standard InChI is InChI=1S/C21H22Cl2N6O4/c1-13-9-19(29(31)32)24-28(13)12-16-14(2)33-25-20(16)21(30)27-7-5-26(6-8-27)11-15-3-4-17(22)18(23)10-15/h3-4,9-10H,5-8,11-12H2,1-2H3. The Bertz CT molecular complexity index is 1200. The Morgan fingerprint density at radius 2 is 1.85 bits per heavy atom. The normalized spacial score (nSPS) is 14.6. The predicted molar refractivity (Wildman–Crippen MR) is 122 cm³/mol. The van der Waals surface area contributed by atoms with Gasteiger partial charge in [-0.25, -0.2) is 0 Å². The zero-order valence-corrected chi connectivity index (χ0v) is 19.6. The fraction of sp³-hybridized carbons (Fsp3) is 0.381. The lowest BCUT2D eigenvalue weighted by atomic mass is 10.1. The zero-order chi connectivity index (χ0) is 23.7. The Kier molecular flexibility index (Phi) is 6.68. The van der Waals surface area contributed by atoms with Crippen LogP contribution in [0.1, 0.15) is 33.1 Å². The van der Waals surface area contributed by atoms with E-state index in [9.17, 15) is 14.9 Å². The quantitative estimate of drug-likeness (QED) is 0.380. The number of nitro groups is 1. The molecule has 2 aromatic heterocycles. The highest BCUT2D eigenvalue weighted by Gasteiger charge is 2.29. The van der Waals surface area contributed by atoms with Gasteiger partial charge in [0.15, 0.2) is 5.69 Å². The van der Waals surface area contributed by atoms with E-state index in [4.69, 9.17) is 27.7 Å². The fourth-order valence-corrected chi connectivity index (χ4v) is 4.11. The van der Waals surface area contributed by atoms with Crippen molar-refractivity contribution in [2.24, 2.45) is 0 Å². The molecule has 1 aliphatic rings. The number of carbonyl (C=O) groups is 1. The second-order valence-electron chi connectivity index (χ2n) is 7.94. The van der Waals surface area contributed by atoms with Gasteiger partial charge in [-0.1, -0.05) is 34.4 Å². The summed E-state index contributed by atoms with van der Waals surface area (Å²) in [6.07, 6.45) is 0. The first-order chi connectivity index (χ1) is 15.7. The Hall–Kier alpha value is -2.95. The maximum Gasteiger partial charge on any atom is 0.390 e. The first-order valence-corrected chi connectivity index (χ1v) is 11.1. The van der Waals surface area contributed by atoms with Gasteiger partial charge in [-0.2, -0.15) is 4.68 Å². The number of nitrogens with zero attached hydrogens (tertiary/aromatic N) is 6. The summed E-state index contributed by atoms with van der Waals surface area (Å²) in [6.45, 7) is 6.78. The largest absolute Gasteiger partial charge is 0.390 e. The third kappa shape index (κ3) is 5.02. The molecule has 3 heterocycles. The van der Waals surface area contributed by atoms with Crippen LogP contribution in [-0.2, 0) is 13.1 Å². The van der Waals surface area contributed by atoms with Crippen molar-refractivity contribution in [2.75, 3.05) is 26.2 Å². The summed E-state index contributed by atoms with van der Waals surface area (Å²) in [7, 11) is 0. The minimum absolute atomic E-state index is 0.160. The maximum atomic E-state index is 13.2. The summed E-state index contributed by atoms with van der Waals surface area (Å²) >= 11 is 12.1. The van der Waals surface area contributed by atoms with E-state index in [1.807, 2.05) is 12.1 Å². The van der Waals surface area contributed by atoms with Gasteiger partial charge >= 0.3 is 5.82 Å². The van der Waals surface area contributed by atoms with Crippen LogP contribution < -0.4 is 0 Å². The van der Waals surface area contributed by atoms with E-state index < -0.39 is 4.92 Å². The number of benzene rings is 1. The molecule has 0 aliphatic carbocycles. The first kappa shape index (κ1) is 23.2. The molecular weight excluding hydrogens is 471 g/mol. The molecule has 1 fully saturated rings. The molecule has 174 valence electrons. The van der Waals surface area contributed by atoms with Crippen LogP contribution in [0.4, 0.5) is 5.82 Å². The Balaban J connectivity index is 1.42. The van der Waals surface area contributed by atoms with E-state index in [0.717, 1.165) is 5.56 Å². The molecule has 0 saturated carbocycles. The lowest BCUT2D eigenvalue weighted by Gasteiger charge is -2.34. The molecule has 12 heteroatoms. The zero-order valence-electron chi connectivity index (χ0n) is 18.1. The summed E-state index contributed by atoms with van der Waals surface area (Å²) in [5, 5.41) is 20.0. The minimum atomic E-state index is -0.548. The number of hydrogen-bond donors (Lipinski definition) is 0. The molecule has 0 N–H and O–H groups in total. The molecule has 1 aliphatic heterocycles. The molecule has 3 aromatic rings. The Labute approximate surface area is 199 Å². The van der Waals surface area contributed by atoms with E-state index in [1.54, 1.807) is 24.8 Å². The summed E-state index contributed by atoms with van der Waals surface area (Å²) in [5.41, 5.74) is 2.45. The molecule has 0 radical (unpaired) electrons. The van der Waals surface area contributed by atoms with Crippen LogP contribution in [0.25, 0.3) is 0 Å². The number of amides is 1. The summed E-state index contributed by atoms with van der Waals surface area (Å²) in [4.78, 5) is 27.6. The average molecular weight is 493 g/mol. The Morgan fingerprint density at radius 3 is 2.48 bits per heavy atom. The topological polar surface area (TPSA) is 111 Å². The number of hydrogen-bond acceptors (Lipinski definition) is 7. The highest BCUT2D eigenvalue weighted by molar-refractivity contribution is 6.42. The van der Waals surface area contributed by atoms with Crippen molar-refractivity contribution in [3.05, 3.63) is 72.7 Å². The van der Waals surface area contributed by atoms with E-state index in [-0.39, 0.29) is 24.0 Å². The summed E-state index contributed by atoms with van der Waals surface area (Å²) in [6, 6.07) is 6.96. The number of aromatic nitrogens is 3. The molecule has 0 bridgehead atoms. The van der Waals surface area contributed by atoms with E-state index in [2.05, 4.69) is 15.2 Å². The van der Waals surface area contributed by atoms with Gasteiger partial charge < -0.3 is 19.5 Å². The number of rotatable bonds is 6.